The number of anilines is 1. The number of carbonyl (C=O) groups is 1. The van der Waals surface area contributed by atoms with Crippen molar-refractivity contribution in [2.24, 2.45) is 11.8 Å². The third kappa shape index (κ3) is 3.35. The Hall–Kier alpha value is -1.35. The van der Waals surface area contributed by atoms with E-state index in [-0.39, 0.29) is 11.8 Å². The molecule has 1 fully saturated rings. The first-order valence-electron chi connectivity index (χ1n) is 7.31. The molecule has 1 N–H and O–H groups in total. The van der Waals surface area contributed by atoms with Gasteiger partial charge in [0.2, 0.25) is 5.91 Å². The molecule has 19 heavy (non-hydrogen) atoms. The van der Waals surface area contributed by atoms with Crippen molar-refractivity contribution in [1.29, 1.82) is 0 Å². The van der Waals surface area contributed by atoms with Crippen molar-refractivity contribution in [2.75, 3.05) is 24.5 Å². The topological polar surface area (TPSA) is 32.3 Å². The number of carbonyl (C=O) groups excluding carboxylic acids is 1. The van der Waals surface area contributed by atoms with Crippen LogP contribution >= 0.6 is 0 Å². The van der Waals surface area contributed by atoms with Crippen molar-refractivity contribution in [3.63, 3.8) is 0 Å². The van der Waals surface area contributed by atoms with Gasteiger partial charge in [0, 0.05) is 18.8 Å². The Morgan fingerprint density at radius 1 is 1.32 bits per heavy atom. The van der Waals surface area contributed by atoms with Crippen LogP contribution in [0.3, 0.4) is 0 Å². The summed E-state index contributed by atoms with van der Waals surface area (Å²) < 4.78 is 0. The summed E-state index contributed by atoms with van der Waals surface area (Å²) in [5, 5.41) is 3.32. The summed E-state index contributed by atoms with van der Waals surface area (Å²) in [5.41, 5.74) is 1.03. The average molecular weight is 260 g/mol. The van der Waals surface area contributed by atoms with Crippen LogP contribution in [0.25, 0.3) is 0 Å². The Morgan fingerprint density at radius 2 is 2.05 bits per heavy atom. The molecule has 1 aliphatic heterocycles. The molecule has 0 spiro atoms. The van der Waals surface area contributed by atoms with Gasteiger partial charge in [0.15, 0.2) is 0 Å². The fourth-order valence-electron chi connectivity index (χ4n) is 2.63. The second-order valence-corrected chi connectivity index (χ2v) is 5.42. The van der Waals surface area contributed by atoms with E-state index >= 15 is 0 Å². The van der Waals surface area contributed by atoms with Crippen molar-refractivity contribution in [3.8, 4) is 0 Å². The molecule has 0 aliphatic carbocycles. The molecule has 104 valence electrons. The fourth-order valence-corrected chi connectivity index (χ4v) is 2.63. The third-order valence-electron chi connectivity index (χ3n) is 3.90. The van der Waals surface area contributed by atoms with Crippen LogP contribution in [0, 0.1) is 11.8 Å². The SMILES string of the molecule is CCCCN(C(=O)[C@@H]1CNC[C@H]1C)c1ccccc1. The monoisotopic (exact) mass is 260 g/mol. The lowest BCUT2D eigenvalue weighted by molar-refractivity contribution is -0.122. The second-order valence-electron chi connectivity index (χ2n) is 5.42. The van der Waals surface area contributed by atoms with Gasteiger partial charge >= 0.3 is 0 Å². The first-order valence-corrected chi connectivity index (χ1v) is 7.31. The van der Waals surface area contributed by atoms with Gasteiger partial charge in [0.05, 0.1) is 5.92 Å². The molecule has 1 saturated heterocycles. The number of hydrogen-bond donors (Lipinski definition) is 1. The van der Waals surface area contributed by atoms with Crippen LogP contribution in [-0.2, 0) is 4.79 Å². The minimum absolute atomic E-state index is 0.122. The van der Waals surface area contributed by atoms with Crippen LogP contribution in [-0.4, -0.2) is 25.5 Å². The quantitative estimate of drug-likeness (QED) is 0.883. The Morgan fingerprint density at radius 3 is 2.63 bits per heavy atom. The Balaban J connectivity index is 2.15. The maximum Gasteiger partial charge on any atom is 0.231 e. The first kappa shape index (κ1) is 14.1. The van der Waals surface area contributed by atoms with E-state index in [9.17, 15) is 4.79 Å². The molecule has 2 rings (SSSR count). The summed E-state index contributed by atoms with van der Waals surface area (Å²) in [4.78, 5) is 14.7. The summed E-state index contributed by atoms with van der Waals surface area (Å²) >= 11 is 0. The average Bonchev–Trinajstić information content (AvgIpc) is 2.86. The summed E-state index contributed by atoms with van der Waals surface area (Å²) in [7, 11) is 0. The van der Waals surface area contributed by atoms with E-state index in [1.54, 1.807) is 0 Å². The smallest absolute Gasteiger partial charge is 0.231 e. The molecule has 3 heteroatoms. The summed E-state index contributed by atoms with van der Waals surface area (Å²) in [6.45, 7) is 6.91. The van der Waals surface area contributed by atoms with Crippen molar-refractivity contribution in [2.45, 2.75) is 26.7 Å². The molecule has 1 amide bonds. The maximum absolute atomic E-state index is 12.7. The number of amides is 1. The van der Waals surface area contributed by atoms with Gasteiger partial charge in [-0.25, -0.2) is 0 Å². The highest BCUT2D eigenvalue weighted by atomic mass is 16.2. The third-order valence-corrected chi connectivity index (χ3v) is 3.90. The van der Waals surface area contributed by atoms with Gasteiger partial charge in [-0.2, -0.15) is 0 Å². The van der Waals surface area contributed by atoms with Crippen molar-refractivity contribution >= 4 is 11.6 Å². The minimum atomic E-state index is 0.122. The van der Waals surface area contributed by atoms with Crippen LogP contribution in [0.2, 0.25) is 0 Å². The number of benzene rings is 1. The lowest BCUT2D eigenvalue weighted by atomic mass is 9.96. The molecule has 1 aromatic rings. The van der Waals surface area contributed by atoms with E-state index in [1.807, 2.05) is 35.2 Å². The lowest BCUT2D eigenvalue weighted by Gasteiger charge is -2.27. The number of nitrogens with one attached hydrogen (secondary N) is 1. The van der Waals surface area contributed by atoms with Gasteiger partial charge < -0.3 is 10.2 Å². The van der Waals surface area contributed by atoms with Crippen LogP contribution < -0.4 is 10.2 Å². The number of hydrogen-bond acceptors (Lipinski definition) is 2. The molecule has 0 aromatic heterocycles. The van der Waals surface area contributed by atoms with E-state index in [2.05, 4.69) is 19.2 Å². The van der Waals surface area contributed by atoms with Crippen LogP contribution in [0.15, 0.2) is 30.3 Å². The fraction of sp³-hybridized carbons (Fsp3) is 0.562. The van der Waals surface area contributed by atoms with E-state index in [0.717, 1.165) is 38.2 Å². The summed E-state index contributed by atoms with van der Waals surface area (Å²) in [6, 6.07) is 10.0. The molecule has 1 aromatic carbocycles. The molecule has 0 saturated carbocycles. The molecular weight excluding hydrogens is 236 g/mol. The van der Waals surface area contributed by atoms with Crippen molar-refractivity contribution < 1.29 is 4.79 Å². The van der Waals surface area contributed by atoms with Crippen LogP contribution in [0.1, 0.15) is 26.7 Å². The highest BCUT2D eigenvalue weighted by Gasteiger charge is 2.33. The predicted octanol–water partition coefficient (Wildman–Crippen LogP) is 2.68. The summed E-state index contributed by atoms with van der Waals surface area (Å²) in [5.74, 6) is 0.828. The zero-order valence-electron chi connectivity index (χ0n) is 11.9. The molecule has 2 atom stereocenters. The van der Waals surface area contributed by atoms with Crippen molar-refractivity contribution in [1.82, 2.24) is 5.32 Å². The zero-order chi connectivity index (χ0) is 13.7. The van der Waals surface area contributed by atoms with E-state index in [1.165, 1.54) is 0 Å². The highest BCUT2D eigenvalue weighted by Crippen LogP contribution is 2.23. The van der Waals surface area contributed by atoms with Crippen LogP contribution in [0.5, 0.6) is 0 Å². The molecule has 0 radical (unpaired) electrons. The van der Waals surface area contributed by atoms with Gasteiger partial charge in [0.1, 0.15) is 0 Å². The van der Waals surface area contributed by atoms with Crippen LogP contribution in [0.4, 0.5) is 5.69 Å². The Bertz CT molecular complexity index is 404. The van der Waals surface area contributed by atoms with Gasteiger partial charge in [0.25, 0.3) is 0 Å². The van der Waals surface area contributed by atoms with Gasteiger partial charge in [-0.05, 0) is 31.0 Å². The highest BCUT2D eigenvalue weighted by molar-refractivity contribution is 5.95. The minimum Gasteiger partial charge on any atom is -0.316 e. The van der Waals surface area contributed by atoms with E-state index in [4.69, 9.17) is 0 Å². The lowest BCUT2D eigenvalue weighted by Crippen LogP contribution is -2.39. The van der Waals surface area contributed by atoms with Gasteiger partial charge in [-0.3, -0.25) is 4.79 Å². The predicted molar refractivity (Wildman–Crippen MR) is 79.2 cm³/mol. The van der Waals surface area contributed by atoms with Crippen molar-refractivity contribution in [3.05, 3.63) is 30.3 Å². The number of nitrogens with zero attached hydrogens (tertiary/aromatic N) is 1. The zero-order valence-corrected chi connectivity index (χ0v) is 11.9. The molecule has 3 nitrogen and oxygen atoms in total. The summed E-state index contributed by atoms with van der Waals surface area (Å²) in [6.07, 6.45) is 2.16. The molecule has 0 unspecified atom stereocenters. The molecule has 1 heterocycles. The maximum atomic E-state index is 12.7. The number of para-hydroxylation sites is 1. The normalized spacial score (nSPS) is 22.4. The second kappa shape index (κ2) is 6.71. The molecular formula is C16H24N2O. The first-order chi connectivity index (χ1) is 9.24. The standard InChI is InChI=1S/C16H24N2O/c1-3-4-10-18(14-8-6-5-7-9-14)16(19)15-12-17-11-13(15)2/h5-9,13,15,17H,3-4,10-12H2,1-2H3/t13-,15-/m1/s1. The Labute approximate surface area is 116 Å². The number of unbranched alkanes of at least 4 members (excludes halogenated alkanes) is 1. The largest absolute Gasteiger partial charge is 0.316 e. The van der Waals surface area contributed by atoms with Gasteiger partial charge in [-0.1, -0.05) is 38.5 Å². The molecule has 0 bridgehead atoms. The molecule has 1 aliphatic rings. The van der Waals surface area contributed by atoms with Gasteiger partial charge in [-0.15, -0.1) is 0 Å². The van der Waals surface area contributed by atoms with E-state index < -0.39 is 0 Å². The van der Waals surface area contributed by atoms with E-state index in [0.29, 0.717) is 5.92 Å². The Kier molecular flexibility index (Phi) is 4.97. The number of rotatable bonds is 5.